The van der Waals surface area contributed by atoms with Crippen molar-refractivity contribution in [1.29, 1.82) is 0 Å². The molecule has 3 aromatic heterocycles. The van der Waals surface area contributed by atoms with Crippen molar-refractivity contribution in [2.75, 3.05) is 0 Å². The van der Waals surface area contributed by atoms with Gasteiger partial charge in [-0.3, -0.25) is 4.79 Å². The number of carbonyl (C=O) groups excluding carboxylic acids is 1. The Bertz CT molecular complexity index is 811. The highest BCUT2D eigenvalue weighted by Gasteiger charge is 1.97. The van der Waals surface area contributed by atoms with Gasteiger partial charge in [-0.15, -0.1) is 0 Å². The highest BCUT2D eigenvalue weighted by Crippen LogP contribution is 2.10. The van der Waals surface area contributed by atoms with E-state index in [4.69, 9.17) is 0 Å². The van der Waals surface area contributed by atoms with Crippen LogP contribution in [0.1, 0.15) is 21.9 Å². The molecular weight excluding hydrogens is 240 g/mol. The summed E-state index contributed by atoms with van der Waals surface area (Å²) in [6, 6.07) is 5.39. The Morgan fingerprint density at radius 1 is 1.21 bits per heavy atom. The van der Waals surface area contributed by atoms with Crippen LogP contribution in [0, 0.1) is 11.8 Å². The summed E-state index contributed by atoms with van der Waals surface area (Å²) in [6.07, 6.45) is 5.68. The van der Waals surface area contributed by atoms with Crippen LogP contribution in [-0.2, 0) is 0 Å². The Balaban J connectivity index is 1.95. The van der Waals surface area contributed by atoms with Crippen molar-refractivity contribution in [2.24, 2.45) is 0 Å². The van der Waals surface area contributed by atoms with Gasteiger partial charge >= 0.3 is 0 Å². The molecule has 0 aromatic carbocycles. The van der Waals surface area contributed by atoms with Crippen molar-refractivity contribution in [3.63, 3.8) is 0 Å². The first-order valence-electron chi connectivity index (χ1n) is 5.58. The molecule has 19 heavy (non-hydrogen) atoms. The van der Waals surface area contributed by atoms with Gasteiger partial charge in [0, 0.05) is 29.5 Å². The molecule has 3 rings (SSSR count). The van der Waals surface area contributed by atoms with E-state index in [-0.39, 0.29) is 0 Å². The van der Waals surface area contributed by atoms with E-state index in [2.05, 4.69) is 31.8 Å². The fourth-order valence-electron chi connectivity index (χ4n) is 1.63. The maximum Gasteiger partial charge on any atom is 0.205 e. The highest BCUT2D eigenvalue weighted by atomic mass is 16.1. The summed E-state index contributed by atoms with van der Waals surface area (Å²) in [5.41, 5.74) is 1.91. The summed E-state index contributed by atoms with van der Waals surface area (Å²) in [4.78, 5) is 25.8. The first-order valence-corrected chi connectivity index (χ1v) is 5.58. The topological polar surface area (TPSA) is 71.5 Å². The first-order chi connectivity index (χ1) is 9.35. The second-order valence-electron chi connectivity index (χ2n) is 3.81. The predicted octanol–water partition coefficient (Wildman–Crippen LogP) is 1.57. The Labute approximate surface area is 108 Å². The zero-order chi connectivity index (χ0) is 13.1. The lowest BCUT2D eigenvalue weighted by molar-refractivity contribution is 0.111. The van der Waals surface area contributed by atoms with Gasteiger partial charge in [-0.05, 0) is 24.1 Å². The van der Waals surface area contributed by atoms with Crippen molar-refractivity contribution in [1.82, 2.24) is 19.9 Å². The minimum Gasteiger partial charge on any atom is -0.346 e. The largest absolute Gasteiger partial charge is 0.346 e. The maximum absolute atomic E-state index is 10.6. The number of aromatic nitrogens is 4. The molecule has 0 unspecified atom stereocenters. The van der Waals surface area contributed by atoms with E-state index in [9.17, 15) is 4.79 Å². The van der Waals surface area contributed by atoms with Gasteiger partial charge in [0.25, 0.3) is 0 Å². The minimum absolute atomic E-state index is 0.318. The third-order valence-corrected chi connectivity index (χ3v) is 2.52. The molecule has 0 saturated heterocycles. The SMILES string of the molecule is O=Cc1ccnc(C#Cc2cnc3[nH]ccc3c2)n1. The van der Waals surface area contributed by atoms with Crippen LogP contribution in [0.3, 0.4) is 0 Å². The normalized spacial score (nSPS) is 9.89. The molecule has 0 aliphatic carbocycles. The van der Waals surface area contributed by atoms with Crippen LogP contribution in [0.5, 0.6) is 0 Å². The van der Waals surface area contributed by atoms with E-state index in [1.807, 2.05) is 18.3 Å². The number of nitrogens with zero attached hydrogens (tertiary/aromatic N) is 3. The van der Waals surface area contributed by atoms with Crippen LogP contribution in [-0.4, -0.2) is 26.2 Å². The van der Waals surface area contributed by atoms with Crippen molar-refractivity contribution < 1.29 is 4.79 Å². The monoisotopic (exact) mass is 248 g/mol. The smallest absolute Gasteiger partial charge is 0.205 e. The molecule has 0 radical (unpaired) electrons. The summed E-state index contributed by atoms with van der Waals surface area (Å²) in [7, 11) is 0. The summed E-state index contributed by atoms with van der Waals surface area (Å²) in [5, 5.41) is 0.995. The number of hydrogen-bond donors (Lipinski definition) is 1. The Morgan fingerprint density at radius 3 is 3.05 bits per heavy atom. The van der Waals surface area contributed by atoms with Gasteiger partial charge in [0.1, 0.15) is 11.3 Å². The van der Waals surface area contributed by atoms with Gasteiger partial charge in [0.2, 0.25) is 5.82 Å². The molecule has 1 N–H and O–H groups in total. The fraction of sp³-hybridized carbons (Fsp3) is 0. The van der Waals surface area contributed by atoms with Crippen LogP contribution < -0.4 is 0 Å². The number of H-pyrrole nitrogens is 1. The summed E-state index contributed by atoms with van der Waals surface area (Å²) < 4.78 is 0. The second kappa shape index (κ2) is 4.70. The second-order valence-corrected chi connectivity index (χ2v) is 3.81. The predicted molar refractivity (Wildman–Crippen MR) is 69.5 cm³/mol. The minimum atomic E-state index is 0.318. The lowest BCUT2D eigenvalue weighted by Gasteiger charge is -1.92. The molecule has 3 aromatic rings. The highest BCUT2D eigenvalue weighted by molar-refractivity contribution is 5.76. The van der Waals surface area contributed by atoms with Crippen molar-refractivity contribution in [3.8, 4) is 11.8 Å². The van der Waals surface area contributed by atoms with Crippen LogP contribution in [0.4, 0.5) is 0 Å². The quantitative estimate of drug-likeness (QED) is 0.524. The summed E-state index contributed by atoms with van der Waals surface area (Å²) in [6.45, 7) is 0. The van der Waals surface area contributed by atoms with Crippen LogP contribution in [0.2, 0.25) is 0 Å². The van der Waals surface area contributed by atoms with E-state index in [0.717, 1.165) is 16.6 Å². The zero-order valence-corrected chi connectivity index (χ0v) is 9.79. The Hall–Kier alpha value is -3.00. The number of hydrogen-bond acceptors (Lipinski definition) is 4. The molecule has 0 aliphatic heterocycles. The molecule has 0 fully saturated rings. The molecular formula is C14H8N4O. The average molecular weight is 248 g/mol. The van der Waals surface area contributed by atoms with Gasteiger partial charge < -0.3 is 4.98 Å². The van der Waals surface area contributed by atoms with E-state index < -0.39 is 0 Å². The number of pyridine rings is 1. The van der Waals surface area contributed by atoms with E-state index in [1.54, 1.807) is 6.20 Å². The zero-order valence-electron chi connectivity index (χ0n) is 9.79. The van der Waals surface area contributed by atoms with E-state index in [1.165, 1.54) is 12.3 Å². The van der Waals surface area contributed by atoms with Crippen LogP contribution in [0.15, 0.2) is 36.8 Å². The molecule has 0 saturated carbocycles. The molecule has 0 bridgehead atoms. The third-order valence-electron chi connectivity index (χ3n) is 2.52. The molecule has 5 nitrogen and oxygen atoms in total. The number of aromatic amines is 1. The van der Waals surface area contributed by atoms with Crippen LogP contribution in [0.25, 0.3) is 11.0 Å². The lowest BCUT2D eigenvalue weighted by atomic mass is 10.2. The third kappa shape index (κ3) is 2.33. The Morgan fingerprint density at radius 2 is 2.16 bits per heavy atom. The van der Waals surface area contributed by atoms with Crippen molar-refractivity contribution in [2.45, 2.75) is 0 Å². The Kier molecular flexibility index (Phi) is 2.75. The van der Waals surface area contributed by atoms with Gasteiger partial charge in [-0.2, -0.15) is 0 Å². The standard InChI is InChI=1S/C14H8N4O/c19-9-12-4-6-15-13(18-12)2-1-10-7-11-3-5-16-14(11)17-8-10/h3-9H,(H,16,17). The van der Waals surface area contributed by atoms with Crippen molar-refractivity contribution >= 4 is 17.3 Å². The van der Waals surface area contributed by atoms with E-state index >= 15 is 0 Å². The fourth-order valence-corrected chi connectivity index (χ4v) is 1.63. The summed E-state index contributed by atoms with van der Waals surface area (Å²) in [5.74, 6) is 6.06. The number of fused-ring (bicyclic) bond motifs is 1. The number of aldehydes is 1. The van der Waals surface area contributed by atoms with Gasteiger partial charge in [-0.1, -0.05) is 5.92 Å². The molecule has 3 heterocycles. The maximum atomic E-state index is 10.6. The molecule has 5 heteroatoms. The van der Waals surface area contributed by atoms with Gasteiger partial charge in [0.15, 0.2) is 6.29 Å². The molecule has 0 amide bonds. The number of rotatable bonds is 1. The lowest BCUT2D eigenvalue weighted by Crippen LogP contribution is -1.93. The average Bonchev–Trinajstić information content (AvgIpc) is 2.93. The van der Waals surface area contributed by atoms with Gasteiger partial charge in [0.05, 0.1) is 0 Å². The van der Waals surface area contributed by atoms with Gasteiger partial charge in [-0.25, -0.2) is 15.0 Å². The molecule has 0 atom stereocenters. The number of carbonyl (C=O) groups is 1. The number of nitrogens with one attached hydrogen (secondary N) is 1. The van der Waals surface area contributed by atoms with Crippen molar-refractivity contribution in [3.05, 3.63) is 53.9 Å². The molecule has 0 spiro atoms. The van der Waals surface area contributed by atoms with Crippen LogP contribution >= 0.6 is 0 Å². The molecule has 0 aliphatic rings. The van der Waals surface area contributed by atoms with E-state index in [0.29, 0.717) is 17.8 Å². The first kappa shape index (κ1) is 11.1. The molecule has 90 valence electrons. The summed E-state index contributed by atoms with van der Waals surface area (Å²) >= 11 is 0.